The third kappa shape index (κ3) is 3.02. The van der Waals surface area contributed by atoms with Gasteiger partial charge < -0.3 is 15.2 Å². The van der Waals surface area contributed by atoms with Gasteiger partial charge in [0.2, 0.25) is 0 Å². The van der Waals surface area contributed by atoms with Crippen molar-refractivity contribution in [2.75, 3.05) is 19.8 Å². The Hall–Kier alpha value is -0.900. The van der Waals surface area contributed by atoms with Gasteiger partial charge in [-0.3, -0.25) is 0 Å². The molecule has 0 radical (unpaired) electrons. The summed E-state index contributed by atoms with van der Waals surface area (Å²) in [6.07, 6.45) is 0.315. The van der Waals surface area contributed by atoms with Crippen LogP contribution in [0, 0.1) is 0 Å². The Kier molecular flexibility index (Phi) is 3.72. The summed E-state index contributed by atoms with van der Waals surface area (Å²) in [6, 6.07) is 10.0. The molecule has 0 amide bonds. The van der Waals surface area contributed by atoms with Crippen molar-refractivity contribution in [2.45, 2.75) is 18.6 Å². The topological polar surface area (TPSA) is 41.5 Å². The lowest BCUT2D eigenvalue weighted by molar-refractivity contribution is 0.0519. The lowest BCUT2D eigenvalue weighted by Gasteiger charge is -2.25. The van der Waals surface area contributed by atoms with Crippen LogP contribution in [0.1, 0.15) is 18.1 Å². The zero-order chi connectivity index (χ0) is 10.5. The van der Waals surface area contributed by atoms with Crippen molar-refractivity contribution < 1.29 is 9.84 Å². The maximum atomic E-state index is 9.98. The number of benzene rings is 1. The highest BCUT2D eigenvalue weighted by Crippen LogP contribution is 2.18. The van der Waals surface area contributed by atoms with E-state index in [0.29, 0.717) is 13.0 Å². The first-order valence-electron chi connectivity index (χ1n) is 5.40. The van der Waals surface area contributed by atoms with E-state index in [1.165, 1.54) is 0 Å². The van der Waals surface area contributed by atoms with Gasteiger partial charge in [-0.05, 0) is 12.0 Å². The quantitative estimate of drug-likeness (QED) is 0.780. The molecular formula is C12H17NO2. The molecule has 2 rings (SSSR count). The standard InChI is InChI=1S/C12H17NO2/c14-12(10-4-2-1-3-5-10)8-11-9-15-7-6-13-11/h1-5,11-14H,6-9H2/t11-,12-/m0/s1. The van der Waals surface area contributed by atoms with Crippen LogP contribution in [-0.4, -0.2) is 30.9 Å². The molecule has 1 aliphatic heterocycles. The molecule has 1 aliphatic rings. The van der Waals surface area contributed by atoms with Gasteiger partial charge in [-0.15, -0.1) is 0 Å². The van der Waals surface area contributed by atoms with Crippen LogP contribution in [0.5, 0.6) is 0 Å². The van der Waals surface area contributed by atoms with Crippen molar-refractivity contribution >= 4 is 0 Å². The predicted molar refractivity (Wildman–Crippen MR) is 58.6 cm³/mol. The number of aliphatic hydroxyl groups excluding tert-OH is 1. The molecule has 1 aromatic rings. The van der Waals surface area contributed by atoms with Gasteiger partial charge in [-0.1, -0.05) is 30.3 Å². The van der Waals surface area contributed by atoms with Gasteiger partial charge in [0.1, 0.15) is 0 Å². The smallest absolute Gasteiger partial charge is 0.0805 e. The van der Waals surface area contributed by atoms with Gasteiger partial charge in [0, 0.05) is 12.6 Å². The van der Waals surface area contributed by atoms with Crippen molar-refractivity contribution in [2.24, 2.45) is 0 Å². The van der Waals surface area contributed by atoms with E-state index in [1.807, 2.05) is 30.3 Å². The molecule has 1 aromatic carbocycles. The number of rotatable bonds is 3. The molecular weight excluding hydrogens is 190 g/mol. The summed E-state index contributed by atoms with van der Waals surface area (Å²) in [4.78, 5) is 0. The molecule has 0 aromatic heterocycles. The van der Waals surface area contributed by atoms with Gasteiger partial charge in [0.05, 0.1) is 19.3 Å². The second-order valence-electron chi connectivity index (χ2n) is 3.89. The molecule has 15 heavy (non-hydrogen) atoms. The minimum absolute atomic E-state index is 0.272. The predicted octanol–water partition coefficient (Wildman–Crippen LogP) is 1.10. The highest BCUT2D eigenvalue weighted by Gasteiger charge is 2.17. The molecule has 0 aliphatic carbocycles. The van der Waals surface area contributed by atoms with Gasteiger partial charge in [-0.2, -0.15) is 0 Å². The second kappa shape index (κ2) is 5.26. The molecule has 1 heterocycles. The van der Waals surface area contributed by atoms with Crippen LogP contribution in [0.2, 0.25) is 0 Å². The summed E-state index contributed by atoms with van der Waals surface area (Å²) in [7, 11) is 0. The minimum atomic E-state index is -0.398. The Morgan fingerprint density at radius 2 is 2.20 bits per heavy atom. The van der Waals surface area contributed by atoms with Crippen LogP contribution in [0.25, 0.3) is 0 Å². The third-order valence-electron chi connectivity index (χ3n) is 2.69. The molecule has 3 heteroatoms. The first kappa shape index (κ1) is 10.6. The highest BCUT2D eigenvalue weighted by atomic mass is 16.5. The summed E-state index contributed by atoms with van der Waals surface area (Å²) in [5.74, 6) is 0. The van der Waals surface area contributed by atoms with Crippen molar-refractivity contribution in [1.82, 2.24) is 5.32 Å². The molecule has 0 unspecified atom stereocenters. The first-order chi connectivity index (χ1) is 7.36. The number of nitrogens with one attached hydrogen (secondary N) is 1. The SMILES string of the molecule is O[C@@H](C[C@H]1COCCN1)c1ccccc1. The zero-order valence-corrected chi connectivity index (χ0v) is 8.73. The second-order valence-corrected chi connectivity index (χ2v) is 3.89. The number of morpholine rings is 1. The highest BCUT2D eigenvalue weighted by molar-refractivity contribution is 5.17. The van der Waals surface area contributed by atoms with Crippen LogP contribution >= 0.6 is 0 Å². The monoisotopic (exact) mass is 207 g/mol. The Labute approximate surface area is 90.1 Å². The number of ether oxygens (including phenoxy) is 1. The number of aliphatic hydroxyl groups is 1. The first-order valence-corrected chi connectivity index (χ1v) is 5.40. The number of hydrogen-bond acceptors (Lipinski definition) is 3. The van der Waals surface area contributed by atoms with E-state index in [0.717, 1.165) is 18.7 Å². The van der Waals surface area contributed by atoms with Crippen LogP contribution in [0.4, 0.5) is 0 Å². The van der Waals surface area contributed by atoms with E-state index >= 15 is 0 Å². The van der Waals surface area contributed by atoms with Gasteiger partial charge >= 0.3 is 0 Å². The summed E-state index contributed by atoms with van der Waals surface area (Å²) < 4.78 is 5.35. The van der Waals surface area contributed by atoms with E-state index in [2.05, 4.69) is 5.32 Å². The molecule has 0 saturated carbocycles. The van der Waals surface area contributed by atoms with E-state index in [4.69, 9.17) is 4.74 Å². The zero-order valence-electron chi connectivity index (χ0n) is 8.73. The van der Waals surface area contributed by atoms with E-state index in [9.17, 15) is 5.11 Å². The average molecular weight is 207 g/mol. The molecule has 82 valence electrons. The van der Waals surface area contributed by atoms with Crippen molar-refractivity contribution in [3.05, 3.63) is 35.9 Å². The van der Waals surface area contributed by atoms with Crippen LogP contribution in [-0.2, 0) is 4.74 Å². The van der Waals surface area contributed by atoms with E-state index in [-0.39, 0.29) is 6.04 Å². The Morgan fingerprint density at radius 1 is 1.40 bits per heavy atom. The summed E-state index contributed by atoms with van der Waals surface area (Å²) in [6.45, 7) is 2.36. The third-order valence-corrected chi connectivity index (χ3v) is 2.69. The maximum absolute atomic E-state index is 9.98. The fourth-order valence-electron chi connectivity index (χ4n) is 1.85. The summed E-state index contributed by atoms with van der Waals surface area (Å²) in [5, 5.41) is 13.3. The lowest BCUT2D eigenvalue weighted by atomic mass is 10.0. The normalized spacial score (nSPS) is 23.7. The van der Waals surface area contributed by atoms with Gasteiger partial charge in [-0.25, -0.2) is 0 Å². The summed E-state index contributed by atoms with van der Waals surface area (Å²) in [5.41, 5.74) is 0.977. The lowest BCUT2D eigenvalue weighted by Crippen LogP contribution is -2.42. The Morgan fingerprint density at radius 3 is 2.87 bits per heavy atom. The number of hydrogen-bond donors (Lipinski definition) is 2. The van der Waals surface area contributed by atoms with Gasteiger partial charge in [0.15, 0.2) is 0 Å². The van der Waals surface area contributed by atoms with Crippen molar-refractivity contribution in [1.29, 1.82) is 0 Å². The van der Waals surface area contributed by atoms with Gasteiger partial charge in [0.25, 0.3) is 0 Å². The van der Waals surface area contributed by atoms with Crippen molar-refractivity contribution in [3.8, 4) is 0 Å². The Bertz CT molecular complexity index is 283. The molecule has 3 nitrogen and oxygen atoms in total. The fraction of sp³-hybridized carbons (Fsp3) is 0.500. The maximum Gasteiger partial charge on any atom is 0.0805 e. The molecule has 0 spiro atoms. The molecule has 0 bridgehead atoms. The minimum Gasteiger partial charge on any atom is -0.388 e. The average Bonchev–Trinajstić information content (AvgIpc) is 2.31. The van der Waals surface area contributed by atoms with E-state index < -0.39 is 6.10 Å². The molecule has 2 atom stereocenters. The Balaban J connectivity index is 1.88. The molecule has 2 N–H and O–H groups in total. The fourth-order valence-corrected chi connectivity index (χ4v) is 1.85. The van der Waals surface area contributed by atoms with E-state index in [1.54, 1.807) is 0 Å². The van der Waals surface area contributed by atoms with Crippen LogP contribution in [0.15, 0.2) is 30.3 Å². The summed E-state index contributed by atoms with van der Waals surface area (Å²) >= 11 is 0. The largest absolute Gasteiger partial charge is 0.388 e. The van der Waals surface area contributed by atoms with Crippen molar-refractivity contribution in [3.63, 3.8) is 0 Å². The molecule has 1 saturated heterocycles. The van der Waals surface area contributed by atoms with Crippen LogP contribution < -0.4 is 5.32 Å². The van der Waals surface area contributed by atoms with Crippen LogP contribution in [0.3, 0.4) is 0 Å². The molecule has 1 fully saturated rings.